The van der Waals surface area contributed by atoms with Crippen LogP contribution in [0.25, 0.3) is 0 Å². The molecule has 2 rings (SSSR count). The van der Waals surface area contributed by atoms with Crippen LogP contribution in [0.15, 0.2) is 29.6 Å². The van der Waals surface area contributed by atoms with Crippen LogP contribution in [-0.4, -0.2) is 70.9 Å². The molecule has 2 N–H and O–H groups in total. The lowest BCUT2D eigenvalue weighted by Gasteiger charge is -2.23. The monoisotopic (exact) mass is 371 g/mol. The largest absolute Gasteiger partial charge is 0.507 e. The summed E-state index contributed by atoms with van der Waals surface area (Å²) in [4.78, 5) is 16.2. The highest BCUT2D eigenvalue weighted by Gasteiger charge is 2.11. The molecule has 6 heteroatoms. The summed E-state index contributed by atoms with van der Waals surface area (Å²) in [5, 5.41) is 10.7. The second-order valence-corrected chi connectivity index (χ2v) is 6.99. The molecule has 0 aliphatic heterocycles. The van der Waals surface area contributed by atoms with Gasteiger partial charge in [0.25, 0.3) is 0 Å². The van der Waals surface area contributed by atoms with Gasteiger partial charge in [0.15, 0.2) is 0 Å². The first-order chi connectivity index (χ1) is 13.0. The van der Waals surface area contributed by atoms with Gasteiger partial charge in [-0.05, 0) is 38.7 Å². The number of aromatic hydroxyl groups is 1. The third kappa shape index (κ3) is 6.81. The summed E-state index contributed by atoms with van der Waals surface area (Å²) in [6, 6.07) is 4.04. The zero-order valence-corrected chi connectivity index (χ0v) is 17.1. The molecule has 0 aliphatic carbocycles. The topological polar surface area (TPSA) is 67.8 Å². The Morgan fingerprint density at radius 1 is 1.22 bits per heavy atom. The smallest absolute Gasteiger partial charge is 0.128 e. The van der Waals surface area contributed by atoms with E-state index in [0.29, 0.717) is 12.3 Å². The number of benzene rings is 1. The van der Waals surface area contributed by atoms with Gasteiger partial charge in [0.05, 0.1) is 6.33 Å². The maximum Gasteiger partial charge on any atom is 0.128 e. The average molecular weight is 372 g/mol. The van der Waals surface area contributed by atoms with Crippen LogP contribution in [0.2, 0.25) is 0 Å². The van der Waals surface area contributed by atoms with Gasteiger partial charge in [0, 0.05) is 61.8 Å². The Labute approximate surface area is 163 Å². The Bertz CT molecular complexity index is 708. The van der Waals surface area contributed by atoms with Crippen LogP contribution >= 0.6 is 0 Å². The molecule has 1 aromatic heterocycles. The maximum absolute atomic E-state index is 10.7. The van der Waals surface area contributed by atoms with Crippen LogP contribution in [-0.2, 0) is 13.0 Å². The standard InChI is InChI=1S/C21H33N5O/c1-5-26(6-2)10-9-25(4)15-19-12-17(3)11-18(21(19)27)13-22-8-7-20-14-23-16-24-20/h11-14,16,27H,5-10,15H2,1-4H3,(H,23,24). The van der Waals surface area contributed by atoms with E-state index in [0.717, 1.165) is 61.5 Å². The summed E-state index contributed by atoms with van der Waals surface area (Å²) >= 11 is 0. The van der Waals surface area contributed by atoms with Crippen molar-refractivity contribution in [2.45, 2.75) is 33.7 Å². The van der Waals surface area contributed by atoms with E-state index in [1.54, 1.807) is 12.5 Å². The van der Waals surface area contributed by atoms with E-state index in [-0.39, 0.29) is 0 Å². The molecule has 0 saturated carbocycles. The molecule has 0 saturated heterocycles. The molecule has 0 bridgehead atoms. The van der Waals surface area contributed by atoms with Gasteiger partial charge in [-0.15, -0.1) is 0 Å². The zero-order valence-electron chi connectivity index (χ0n) is 17.1. The molecule has 1 aromatic carbocycles. The first kappa shape index (κ1) is 21.1. The predicted octanol–water partition coefficient (Wildman–Crippen LogP) is 2.86. The van der Waals surface area contributed by atoms with Crippen LogP contribution < -0.4 is 0 Å². The summed E-state index contributed by atoms with van der Waals surface area (Å²) in [5.41, 5.74) is 3.94. The van der Waals surface area contributed by atoms with Crippen LogP contribution in [0, 0.1) is 6.92 Å². The van der Waals surface area contributed by atoms with E-state index in [4.69, 9.17) is 0 Å². The van der Waals surface area contributed by atoms with Crippen molar-refractivity contribution < 1.29 is 5.11 Å². The highest BCUT2D eigenvalue weighted by Crippen LogP contribution is 2.24. The summed E-state index contributed by atoms with van der Waals surface area (Å²) in [6.45, 7) is 12.0. The van der Waals surface area contributed by atoms with Gasteiger partial charge in [0.2, 0.25) is 0 Å². The van der Waals surface area contributed by atoms with Crippen LogP contribution in [0.4, 0.5) is 0 Å². The number of aromatic nitrogens is 2. The average Bonchev–Trinajstić information content (AvgIpc) is 3.16. The number of H-pyrrole nitrogens is 1. The van der Waals surface area contributed by atoms with Gasteiger partial charge < -0.3 is 19.9 Å². The minimum Gasteiger partial charge on any atom is -0.507 e. The van der Waals surface area contributed by atoms with Crippen molar-refractivity contribution in [1.82, 2.24) is 19.8 Å². The molecule has 0 atom stereocenters. The number of aliphatic imine (C=N–C) groups is 1. The first-order valence-corrected chi connectivity index (χ1v) is 9.73. The van der Waals surface area contributed by atoms with Crippen molar-refractivity contribution in [2.75, 3.05) is 39.8 Å². The summed E-state index contributed by atoms with van der Waals surface area (Å²) < 4.78 is 0. The number of phenols is 1. The van der Waals surface area contributed by atoms with Crippen molar-refractivity contribution in [3.63, 3.8) is 0 Å². The third-order valence-electron chi connectivity index (χ3n) is 4.79. The second-order valence-electron chi connectivity index (χ2n) is 6.99. The number of imidazole rings is 1. The summed E-state index contributed by atoms with van der Waals surface area (Å²) in [7, 11) is 2.10. The van der Waals surface area contributed by atoms with Crippen molar-refractivity contribution in [3.05, 3.63) is 47.0 Å². The molecule has 27 heavy (non-hydrogen) atoms. The SMILES string of the molecule is CCN(CC)CCN(C)Cc1cc(C)cc(C=NCCc2cnc[nH]2)c1O. The normalized spacial score (nSPS) is 11.9. The molecule has 148 valence electrons. The maximum atomic E-state index is 10.7. The molecule has 1 heterocycles. The van der Waals surface area contributed by atoms with Gasteiger partial charge in [-0.1, -0.05) is 19.9 Å². The molecule has 0 spiro atoms. The first-order valence-electron chi connectivity index (χ1n) is 9.73. The number of hydrogen-bond acceptors (Lipinski definition) is 5. The fourth-order valence-corrected chi connectivity index (χ4v) is 3.09. The predicted molar refractivity (Wildman–Crippen MR) is 112 cm³/mol. The van der Waals surface area contributed by atoms with Crippen LogP contribution in [0.1, 0.15) is 36.2 Å². The van der Waals surface area contributed by atoms with E-state index < -0.39 is 0 Å². The fraction of sp³-hybridized carbons (Fsp3) is 0.524. The molecule has 0 unspecified atom stereocenters. The van der Waals surface area contributed by atoms with E-state index >= 15 is 0 Å². The number of nitrogens with one attached hydrogen (secondary N) is 1. The van der Waals surface area contributed by atoms with Gasteiger partial charge in [0.1, 0.15) is 5.75 Å². The minimum absolute atomic E-state index is 0.334. The molecule has 6 nitrogen and oxygen atoms in total. The lowest BCUT2D eigenvalue weighted by molar-refractivity contribution is 0.235. The second kappa shape index (κ2) is 10.8. The fourth-order valence-electron chi connectivity index (χ4n) is 3.09. The third-order valence-corrected chi connectivity index (χ3v) is 4.79. The van der Waals surface area contributed by atoms with Gasteiger partial charge in [-0.3, -0.25) is 4.99 Å². The number of phenolic OH excluding ortho intramolecular Hbond substituents is 1. The summed E-state index contributed by atoms with van der Waals surface area (Å²) in [6.07, 6.45) is 6.07. The van der Waals surface area contributed by atoms with E-state index in [1.807, 2.05) is 12.3 Å². The van der Waals surface area contributed by atoms with Gasteiger partial charge >= 0.3 is 0 Å². The van der Waals surface area contributed by atoms with Crippen molar-refractivity contribution >= 4 is 6.21 Å². The number of likely N-dealkylation sites (N-methyl/N-ethyl adjacent to an activating group) is 2. The Balaban J connectivity index is 1.96. The van der Waals surface area contributed by atoms with Crippen LogP contribution in [0.3, 0.4) is 0 Å². The molecule has 2 aromatic rings. The molecule has 0 aliphatic rings. The van der Waals surface area contributed by atoms with Gasteiger partial charge in [-0.2, -0.15) is 0 Å². The van der Waals surface area contributed by atoms with E-state index in [9.17, 15) is 5.11 Å². The zero-order chi connectivity index (χ0) is 19.6. The number of rotatable bonds is 11. The van der Waals surface area contributed by atoms with Crippen molar-refractivity contribution in [2.24, 2.45) is 4.99 Å². The highest BCUT2D eigenvalue weighted by molar-refractivity contribution is 5.84. The minimum atomic E-state index is 0.334. The number of aromatic amines is 1. The molecule has 0 amide bonds. The molecular formula is C21H33N5O. The molecular weight excluding hydrogens is 338 g/mol. The number of aryl methyl sites for hydroxylation is 1. The quantitative estimate of drug-likeness (QED) is 0.596. The summed E-state index contributed by atoms with van der Waals surface area (Å²) in [5.74, 6) is 0.334. The Morgan fingerprint density at radius 2 is 2.00 bits per heavy atom. The molecule has 0 radical (unpaired) electrons. The number of nitrogens with zero attached hydrogens (tertiary/aromatic N) is 4. The van der Waals surface area contributed by atoms with Gasteiger partial charge in [-0.25, -0.2) is 4.98 Å². The lowest BCUT2D eigenvalue weighted by Crippen LogP contribution is -2.32. The van der Waals surface area contributed by atoms with Crippen molar-refractivity contribution in [3.8, 4) is 5.75 Å². The highest BCUT2D eigenvalue weighted by atomic mass is 16.3. The van der Waals surface area contributed by atoms with Crippen LogP contribution in [0.5, 0.6) is 5.75 Å². The van der Waals surface area contributed by atoms with Crippen molar-refractivity contribution in [1.29, 1.82) is 0 Å². The Kier molecular flexibility index (Phi) is 8.48. The lowest BCUT2D eigenvalue weighted by atomic mass is 10.0. The van der Waals surface area contributed by atoms with E-state index in [1.165, 1.54) is 0 Å². The molecule has 0 fully saturated rings. The Hall–Kier alpha value is -2.18. The number of hydrogen-bond donors (Lipinski definition) is 2. The Morgan fingerprint density at radius 3 is 2.67 bits per heavy atom. The van der Waals surface area contributed by atoms with E-state index in [2.05, 4.69) is 58.6 Å².